The van der Waals surface area contributed by atoms with Crippen LogP contribution in [-0.4, -0.2) is 57.8 Å². The van der Waals surface area contributed by atoms with Gasteiger partial charge in [0.15, 0.2) is 5.78 Å². The molecule has 6 nitrogen and oxygen atoms in total. The van der Waals surface area contributed by atoms with Crippen LogP contribution in [0.2, 0.25) is 4.34 Å². The highest BCUT2D eigenvalue weighted by atomic mass is 35.5. The number of rotatable bonds is 11. The monoisotopic (exact) mass is 510 g/mol. The minimum atomic E-state index is -3.29. The standard InChI is InChI=1S/C24H31ClN2O4S2/c1-27-12-9-18-6-5-17(14-19(18)10-13-27)15-21(28)20(4-3-11-26-33(2,30)31)16-22(29)23-7-8-24(25)32-23/h5-8,14,20,26H,3-4,9-13,15-16H2,1-2H3. The maximum absolute atomic E-state index is 13.2. The van der Waals surface area contributed by atoms with E-state index in [2.05, 4.69) is 28.8 Å². The molecule has 1 aliphatic heterocycles. The Morgan fingerprint density at radius 3 is 2.55 bits per heavy atom. The molecule has 1 aromatic heterocycles. The van der Waals surface area contributed by atoms with Crippen LogP contribution < -0.4 is 4.72 Å². The number of sulfonamides is 1. The van der Waals surface area contributed by atoms with Gasteiger partial charge in [0.2, 0.25) is 10.0 Å². The Morgan fingerprint density at radius 2 is 1.88 bits per heavy atom. The molecule has 1 unspecified atom stereocenters. The molecule has 0 aliphatic carbocycles. The van der Waals surface area contributed by atoms with E-state index >= 15 is 0 Å². The van der Waals surface area contributed by atoms with Gasteiger partial charge in [0, 0.05) is 38.4 Å². The molecule has 1 N–H and O–H groups in total. The molecule has 0 saturated heterocycles. The number of carbonyl (C=O) groups is 2. The molecule has 0 fully saturated rings. The largest absolute Gasteiger partial charge is 0.306 e. The second-order valence-corrected chi connectivity index (χ2v) is 12.3. The summed E-state index contributed by atoms with van der Waals surface area (Å²) >= 11 is 7.18. The van der Waals surface area contributed by atoms with Gasteiger partial charge in [0.05, 0.1) is 15.5 Å². The Labute approximate surface area is 205 Å². The van der Waals surface area contributed by atoms with E-state index in [0.717, 1.165) is 37.8 Å². The van der Waals surface area contributed by atoms with E-state index in [1.165, 1.54) is 22.5 Å². The van der Waals surface area contributed by atoms with E-state index in [9.17, 15) is 18.0 Å². The summed E-state index contributed by atoms with van der Waals surface area (Å²) in [6.45, 7) is 2.27. The first-order chi connectivity index (χ1) is 15.6. The molecule has 1 aliphatic rings. The zero-order chi connectivity index (χ0) is 24.0. The van der Waals surface area contributed by atoms with Gasteiger partial charge in [0.25, 0.3) is 0 Å². The molecule has 0 bridgehead atoms. The maximum Gasteiger partial charge on any atom is 0.208 e. The summed E-state index contributed by atoms with van der Waals surface area (Å²) in [4.78, 5) is 28.9. The number of benzene rings is 1. The lowest BCUT2D eigenvalue weighted by Crippen LogP contribution is -2.25. The summed E-state index contributed by atoms with van der Waals surface area (Å²) in [6, 6.07) is 9.65. The molecule has 0 spiro atoms. The third-order valence-electron chi connectivity index (χ3n) is 6.00. The van der Waals surface area contributed by atoms with Gasteiger partial charge < -0.3 is 4.90 Å². The number of hydrogen-bond acceptors (Lipinski definition) is 6. The smallest absolute Gasteiger partial charge is 0.208 e. The zero-order valence-electron chi connectivity index (χ0n) is 19.1. The number of nitrogens with zero attached hydrogens (tertiary/aromatic N) is 1. The van der Waals surface area contributed by atoms with Crippen LogP contribution in [0.15, 0.2) is 30.3 Å². The minimum absolute atomic E-state index is 0.0102. The van der Waals surface area contributed by atoms with Gasteiger partial charge in [-0.25, -0.2) is 13.1 Å². The average Bonchev–Trinajstić information content (AvgIpc) is 3.10. The highest BCUT2D eigenvalue weighted by Gasteiger charge is 2.24. The zero-order valence-corrected chi connectivity index (χ0v) is 21.5. The summed E-state index contributed by atoms with van der Waals surface area (Å²) in [5, 5.41) is 0. The van der Waals surface area contributed by atoms with Gasteiger partial charge in [-0.2, -0.15) is 0 Å². The van der Waals surface area contributed by atoms with Crippen molar-refractivity contribution in [3.8, 4) is 0 Å². The molecular formula is C24H31ClN2O4S2. The van der Waals surface area contributed by atoms with E-state index in [0.29, 0.717) is 22.1 Å². The maximum atomic E-state index is 13.2. The van der Waals surface area contributed by atoms with Crippen LogP contribution in [0, 0.1) is 5.92 Å². The Morgan fingerprint density at radius 1 is 1.15 bits per heavy atom. The van der Waals surface area contributed by atoms with Crippen molar-refractivity contribution in [1.29, 1.82) is 0 Å². The van der Waals surface area contributed by atoms with Crippen LogP contribution in [0.25, 0.3) is 0 Å². The first kappa shape index (κ1) is 26.0. The number of nitrogens with one attached hydrogen (secondary N) is 1. The summed E-state index contributed by atoms with van der Waals surface area (Å²) < 4.78 is 25.7. The summed E-state index contributed by atoms with van der Waals surface area (Å²) in [5.74, 6) is -0.563. The summed E-state index contributed by atoms with van der Waals surface area (Å²) in [7, 11) is -1.17. The molecule has 0 radical (unpaired) electrons. The van der Waals surface area contributed by atoms with Crippen molar-refractivity contribution in [2.45, 2.75) is 38.5 Å². The van der Waals surface area contributed by atoms with Crippen LogP contribution in [0.5, 0.6) is 0 Å². The van der Waals surface area contributed by atoms with Crippen LogP contribution in [-0.2, 0) is 34.1 Å². The van der Waals surface area contributed by atoms with E-state index < -0.39 is 15.9 Å². The van der Waals surface area contributed by atoms with Crippen molar-refractivity contribution in [2.24, 2.45) is 5.92 Å². The van der Waals surface area contributed by atoms with Crippen LogP contribution in [0.4, 0.5) is 0 Å². The van der Waals surface area contributed by atoms with Gasteiger partial charge in [0.1, 0.15) is 5.78 Å². The topological polar surface area (TPSA) is 83.6 Å². The van der Waals surface area contributed by atoms with Crippen LogP contribution in [0.3, 0.4) is 0 Å². The summed E-state index contributed by atoms with van der Waals surface area (Å²) in [6.07, 6.45) is 4.38. The van der Waals surface area contributed by atoms with Crippen molar-refractivity contribution in [3.63, 3.8) is 0 Å². The molecular weight excluding hydrogens is 480 g/mol. The van der Waals surface area contributed by atoms with E-state index in [1.807, 2.05) is 6.07 Å². The molecule has 2 heterocycles. The number of carbonyl (C=O) groups excluding carboxylic acids is 2. The quantitative estimate of drug-likeness (QED) is 0.367. The SMILES string of the molecule is CN1CCc2ccc(CC(=O)C(CCCNS(C)(=O)=O)CC(=O)c3ccc(Cl)s3)cc2CC1. The Balaban J connectivity index is 1.69. The minimum Gasteiger partial charge on any atom is -0.306 e. The lowest BCUT2D eigenvalue weighted by atomic mass is 9.88. The second-order valence-electron chi connectivity index (χ2n) is 8.79. The van der Waals surface area contributed by atoms with E-state index in [1.54, 1.807) is 12.1 Å². The lowest BCUT2D eigenvalue weighted by Gasteiger charge is -2.16. The van der Waals surface area contributed by atoms with Gasteiger partial charge in [-0.3, -0.25) is 9.59 Å². The third-order valence-corrected chi connectivity index (χ3v) is 8.00. The van der Waals surface area contributed by atoms with Crippen molar-refractivity contribution < 1.29 is 18.0 Å². The average molecular weight is 511 g/mol. The molecule has 1 atom stereocenters. The normalized spacial score (nSPS) is 15.6. The molecule has 1 aromatic carbocycles. The van der Waals surface area contributed by atoms with Crippen molar-refractivity contribution in [2.75, 3.05) is 32.9 Å². The molecule has 3 rings (SSSR count). The number of hydrogen-bond donors (Lipinski definition) is 1. The first-order valence-corrected chi connectivity index (χ1v) is 14.2. The van der Waals surface area contributed by atoms with E-state index in [-0.39, 0.29) is 31.0 Å². The molecule has 9 heteroatoms. The predicted octanol–water partition coefficient (Wildman–Crippen LogP) is 3.76. The third kappa shape index (κ3) is 8.30. The fourth-order valence-electron chi connectivity index (χ4n) is 4.12. The van der Waals surface area contributed by atoms with Gasteiger partial charge in [-0.1, -0.05) is 29.8 Å². The van der Waals surface area contributed by atoms with Crippen LogP contribution >= 0.6 is 22.9 Å². The number of Topliss-reactive ketones (excluding diaryl/α,β-unsaturated/α-hetero) is 2. The molecule has 180 valence electrons. The molecule has 33 heavy (non-hydrogen) atoms. The molecule has 0 amide bonds. The molecule has 0 saturated carbocycles. The van der Waals surface area contributed by atoms with Crippen molar-refractivity contribution in [3.05, 3.63) is 56.2 Å². The number of likely N-dealkylation sites (N-methyl/N-ethyl adjacent to an activating group) is 1. The van der Waals surface area contributed by atoms with Crippen molar-refractivity contribution >= 4 is 44.5 Å². The number of thiophene rings is 1. The first-order valence-electron chi connectivity index (χ1n) is 11.2. The fourth-order valence-corrected chi connectivity index (χ4v) is 5.62. The lowest BCUT2D eigenvalue weighted by molar-refractivity contribution is -0.122. The highest BCUT2D eigenvalue weighted by Crippen LogP contribution is 2.26. The van der Waals surface area contributed by atoms with E-state index in [4.69, 9.17) is 11.6 Å². The van der Waals surface area contributed by atoms with Crippen LogP contribution in [0.1, 0.15) is 45.6 Å². The number of halogens is 1. The molecule has 2 aromatic rings. The Hall–Kier alpha value is -1.58. The highest BCUT2D eigenvalue weighted by molar-refractivity contribution is 7.88. The summed E-state index contributed by atoms with van der Waals surface area (Å²) in [5.41, 5.74) is 3.60. The second kappa shape index (κ2) is 11.7. The van der Waals surface area contributed by atoms with Gasteiger partial charge in [-0.15, -0.1) is 11.3 Å². The Bertz CT molecular complexity index is 1100. The fraction of sp³-hybridized carbons (Fsp3) is 0.500. The number of fused-ring (bicyclic) bond motifs is 1. The van der Waals surface area contributed by atoms with Crippen molar-refractivity contribution in [1.82, 2.24) is 9.62 Å². The predicted molar refractivity (Wildman–Crippen MR) is 134 cm³/mol. The number of ketones is 2. The Kier molecular flexibility index (Phi) is 9.24. The van der Waals surface area contributed by atoms with Gasteiger partial charge in [-0.05, 0) is 61.6 Å². The van der Waals surface area contributed by atoms with Gasteiger partial charge >= 0.3 is 0 Å².